The number of carbonyl (C=O) groups excluding carboxylic acids is 2. The van der Waals surface area contributed by atoms with Crippen molar-refractivity contribution < 1.29 is 14.3 Å². The number of anilines is 2. The summed E-state index contributed by atoms with van der Waals surface area (Å²) in [6.07, 6.45) is 0.470. The van der Waals surface area contributed by atoms with E-state index in [1.54, 1.807) is 42.5 Å². The average Bonchev–Trinajstić information content (AvgIpc) is 2.64. The lowest BCUT2D eigenvalue weighted by molar-refractivity contribution is -0.116. The zero-order chi connectivity index (χ0) is 21.4. The topological polar surface area (TPSA) is 79.5 Å². The number of carbonyl (C=O) groups is 2. The number of amides is 2. The lowest BCUT2D eigenvalue weighted by Gasteiger charge is -2.12. The first kappa shape index (κ1) is 22.8. The highest BCUT2D eigenvalue weighted by molar-refractivity contribution is 9.10. The Morgan fingerprint density at radius 3 is 2.24 bits per heavy atom. The molecule has 0 unspecified atom stereocenters. The van der Waals surface area contributed by atoms with Crippen LogP contribution in [0.3, 0.4) is 0 Å². The maximum Gasteiger partial charge on any atom is 0.257 e. The van der Waals surface area contributed by atoms with Crippen molar-refractivity contribution in [2.75, 3.05) is 17.2 Å². The number of halogens is 1. The molecule has 2 aromatic rings. The number of hydrogen-bond acceptors (Lipinski definition) is 4. The highest BCUT2D eigenvalue weighted by Crippen LogP contribution is 2.26. The molecule has 0 saturated heterocycles. The van der Waals surface area contributed by atoms with Gasteiger partial charge in [-0.3, -0.25) is 14.9 Å². The fraction of sp³-hybridized carbons (Fsp3) is 0.286. The molecule has 0 saturated carbocycles. The SMILES string of the molecule is CCOc1ccc(C(=O)NC(=S)Nc2ccc(NC(=O)CC(C)C)cc2)cc1Br. The Morgan fingerprint density at radius 1 is 1.07 bits per heavy atom. The molecule has 0 aliphatic rings. The van der Waals surface area contributed by atoms with Crippen LogP contribution >= 0.6 is 28.1 Å². The number of nitrogens with one attached hydrogen (secondary N) is 3. The molecule has 0 bridgehead atoms. The molecule has 0 fully saturated rings. The van der Waals surface area contributed by atoms with Gasteiger partial charge in [0.15, 0.2) is 5.11 Å². The van der Waals surface area contributed by atoms with E-state index in [-0.39, 0.29) is 16.9 Å². The highest BCUT2D eigenvalue weighted by Gasteiger charge is 2.11. The number of hydrogen-bond donors (Lipinski definition) is 3. The van der Waals surface area contributed by atoms with Crippen molar-refractivity contribution in [2.45, 2.75) is 27.2 Å². The van der Waals surface area contributed by atoms with Crippen LogP contribution in [-0.4, -0.2) is 23.5 Å². The number of rotatable bonds is 7. The number of thiocarbonyl (C=S) groups is 1. The van der Waals surface area contributed by atoms with Gasteiger partial charge in [0.05, 0.1) is 11.1 Å². The van der Waals surface area contributed by atoms with Crippen molar-refractivity contribution >= 4 is 56.4 Å². The minimum Gasteiger partial charge on any atom is -0.493 e. The first-order valence-electron chi connectivity index (χ1n) is 9.23. The minimum atomic E-state index is -0.330. The summed E-state index contributed by atoms with van der Waals surface area (Å²) in [5.74, 6) is 0.618. The molecule has 0 aliphatic heterocycles. The van der Waals surface area contributed by atoms with Gasteiger partial charge in [-0.2, -0.15) is 0 Å². The first-order valence-corrected chi connectivity index (χ1v) is 10.4. The Kier molecular flexibility index (Phi) is 8.60. The second kappa shape index (κ2) is 10.9. The second-order valence-electron chi connectivity index (χ2n) is 6.71. The predicted octanol–water partition coefficient (Wildman–Crippen LogP) is 4.96. The lowest BCUT2D eigenvalue weighted by Crippen LogP contribution is -2.34. The number of ether oxygens (including phenoxy) is 1. The van der Waals surface area contributed by atoms with Crippen LogP contribution in [0.2, 0.25) is 0 Å². The van der Waals surface area contributed by atoms with Gasteiger partial charge in [-0.25, -0.2) is 0 Å². The molecule has 2 amide bonds. The molecule has 0 atom stereocenters. The van der Waals surface area contributed by atoms with E-state index < -0.39 is 0 Å². The van der Waals surface area contributed by atoms with E-state index in [1.165, 1.54) is 0 Å². The van der Waals surface area contributed by atoms with E-state index in [9.17, 15) is 9.59 Å². The molecule has 0 spiro atoms. The minimum absolute atomic E-state index is 0.0231. The van der Waals surface area contributed by atoms with E-state index in [4.69, 9.17) is 17.0 Å². The van der Waals surface area contributed by atoms with Gasteiger partial charge in [0.25, 0.3) is 5.91 Å². The van der Waals surface area contributed by atoms with Crippen LogP contribution < -0.4 is 20.7 Å². The zero-order valence-corrected chi connectivity index (χ0v) is 18.9. The largest absolute Gasteiger partial charge is 0.493 e. The maximum atomic E-state index is 12.4. The van der Waals surface area contributed by atoms with Gasteiger partial charge in [0.1, 0.15) is 5.75 Å². The van der Waals surface area contributed by atoms with Crippen LogP contribution in [0.5, 0.6) is 5.75 Å². The molecule has 0 aromatic heterocycles. The maximum absolute atomic E-state index is 12.4. The summed E-state index contributed by atoms with van der Waals surface area (Å²) in [6, 6.07) is 12.2. The first-order chi connectivity index (χ1) is 13.8. The van der Waals surface area contributed by atoms with Crippen molar-refractivity contribution in [3.63, 3.8) is 0 Å². The van der Waals surface area contributed by atoms with Crippen molar-refractivity contribution in [1.82, 2.24) is 5.32 Å². The van der Waals surface area contributed by atoms with Crippen molar-refractivity contribution in [2.24, 2.45) is 5.92 Å². The Morgan fingerprint density at radius 2 is 1.69 bits per heavy atom. The third kappa shape index (κ3) is 7.47. The molecule has 3 N–H and O–H groups in total. The van der Waals surface area contributed by atoms with Crippen molar-refractivity contribution in [3.8, 4) is 5.75 Å². The molecular weight excluding hydrogens is 454 g/mol. The average molecular weight is 478 g/mol. The summed E-state index contributed by atoms with van der Waals surface area (Å²) < 4.78 is 6.14. The molecule has 0 heterocycles. The van der Waals surface area contributed by atoms with Gasteiger partial charge >= 0.3 is 0 Å². The Balaban J connectivity index is 1.91. The summed E-state index contributed by atoms with van der Waals surface area (Å²) >= 11 is 8.60. The van der Waals surface area contributed by atoms with E-state index in [0.29, 0.717) is 46.1 Å². The van der Waals surface area contributed by atoms with Crippen molar-refractivity contribution in [3.05, 3.63) is 52.5 Å². The lowest BCUT2D eigenvalue weighted by atomic mass is 10.1. The second-order valence-corrected chi connectivity index (χ2v) is 7.97. The third-order valence-electron chi connectivity index (χ3n) is 3.74. The fourth-order valence-electron chi connectivity index (χ4n) is 2.47. The van der Waals surface area contributed by atoms with E-state index in [2.05, 4.69) is 31.9 Å². The highest BCUT2D eigenvalue weighted by atomic mass is 79.9. The number of benzene rings is 2. The summed E-state index contributed by atoms with van der Waals surface area (Å²) in [5.41, 5.74) is 1.85. The zero-order valence-electron chi connectivity index (χ0n) is 16.5. The van der Waals surface area contributed by atoms with E-state index in [1.807, 2.05) is 20.8 Å². The van der Waals surface area contributed by atoms with E-state index >= 15 is 0 Å². The Hall–Kier alpha value is -2.45. The molecule has 29 heavy (non-hydrogen) atoms. The van der Waals surface area contributed by atoms with Crippen molar-refractivity contribution in [1.29, 1.82) is 0 Å². The molecule has 2 aromatic carbocycles. The monoisotopic (exact) mass is 477 g/mol. The van der Waals surface area contributed by atoms with Gasteiger partial charge in [-0.05, 0) is 83.5 Å². The van der Waals surface area contributed by atoms with Gasteiger partial charge in [-0.15, -0.1) is 0 Å². The summed E-state index contributed by atoms with van der Waals surface area (Å²) in [6.45, 7) is 6.42. The normalized spacial score (nSPS) is 10.4. The van der Waals surface area contributed by atoms with Crippen LogP contribution in [0, 0.1) is 5.92 Å². The summed E-state index contributed by atoms with van der Waals surface area (Å²) in [7, 11) is 0. The van der Waals surface area contributed by atoms with Gasteiger partial charge in [0, 0.05) is 23.4 Å². The third-order valence-corrected chi connectivity index (χ3v) is 4.56. The Bertz CT molecular complexity index is 885. The standard InChI is InChI=1S/C21H24BrN3O3S/c1-4-28-18-10-5-14(12-17(18)22)20(27)25-21(29)24-16-8-6-15(7-9-16)23-19(26)11-13(2)3/h5-10,12-13H,4,11H2,1-3H3,(H,23,26)(H2,24,25,27,29). The molecular formula is C21H24BrN3O3S. The Labute approximate surface area is 184 Å². The van der Waals surface area contributed by atoms with Gasteiger partial charge in [-0.1, -0.05) is 13.8 Å². The predicted molar refractivity (Wildman–Crippen MR) is 124 cm³/mol. The van der Waals surface area contributed by atoms with Crippen LogP contribution in [0.1, 0.15) is 37.6 Å². The molecule has 8 heteroatoms. The van der Waals surface area contributed by atoms with Crippen LogP contribution in [0.4, 0.5) is 11.4 Å². The quantitative estimate of drug-likeness (QED) is 0.491. The molecule has 6 nitrogen and oxygen atoms in total. The van der Waals surface area contributed by atoms with Crippen LogP contribution in [0.25, 0.3) is 0 Å². The molecule has 154 valence electrons. The molecule has 0 radical (unpaired) electrons. The summed E-state index contributed by atoms with van der Waals surface area (Å²) in [5, 5.41) is 8.61. The molecule has 2 rings (SSSR count). The molecule has 0 aliphatic carbocycles. The fourth-order valence-corrected chi connectivity index (χ4v) is 3.18. The van der Waals surface area contributed by atoms with Crippen LogP contribution in [0.15, 0.2) is 46.9 Å². The van der Waals surface area contributed by atoms with Gasteiger partial charge < -0.3 is 15.4 Å². The van der Waals surface area contributed by atoms with E-state index in [0.717, 1.165) is 0 Å². The van der Waals surface area contributed by atoms with Gasteiger partial charge in [0.2, 0.25) is 5.91 Å². The van der Waals surface area contributed by atoms with Crippen LogP contribution in [-0.2, 0) is 4.79 Å². The summed E-state index contributed by atoms with van der Waals surface area (Å²) in [4.78, 5) is 24.2. The smallest absolute Gasteiger partial charge is 0.257 e.